The predicted octanol–water partition coefficient (Wildman–Crippen LogP) is 4.12. The molecule has 0 radical (unpaired) electrons. The zero-order valence-electron chi connectivity index (χ0n) is 13.2. The number of aromatic nitrogens is 1. The van der Waals surface area contributed by atoms with Gasteiger partial charge in [0.15, 0.2) is 5.76 Å². The number of oxazole rings is 1. The molecular formula is C17H12FN3O4S. The maximum Gasteiger partial charge on any atom is 0.292 e. The van der Waals surface area contributed by atoms with Gasteiger partial charge in [-0.2, -0.15) is 0 Å². The molecule has 2 aromatic carbocycles. The molecule has 0 spiro atoms. The van der Waals surface area contributed by atoms with Gasteiger partial charge in [0.25, 0.3) is 10.9 Å². The van der Waals surface area contributed by atoms with Gasteiger partial charge in [0, 0.05) is 11.6 Å². The summed E-state index contributed by atoms with van der Waals surface area (Å²) in [4.78, 5) is 26.4. The van der Waals surface area contributed by atoms with Gasteiger partial charge in [-0.3, -0.25) is 14.9 Å². The topological polar surface area (TPSA) is 98.3 Å². The average molecular weight is 373 g/mol. The molecule has 0 aliphatic carbocycles. The van der Waals surface area contributed by atoms with Crippen LogP contribution < -0.4 is 5.32 Å². The Bertz CT molecular complexity index is 943. The highest BCUT2D eigenvalue weighted by Gasteiger charge is 2.16. The molecule has 132 valence electrons. The fraction of sp³-hybridized carbons (Fsp3) is 0.0588. The average Bonchev–Trinajstić information content (AvgIpc) is 3.10. The van der Waals surface area contributed by atoms with E-state index in [1.54, 1.807) is 18.2 Å². The van der Waals surface area contributed by atoms with Crippen molar-refractivity contribution < 1.29 is 18.5 Å². The predicted molar refractivity (Wildman–Crippen MR) is 94.3 cm³/mol. The first kappa shape index (κ1) is 17.6. The molecule has 0 bridgehead atoms. The Morgan fingerprint density at radius 3 is 2.69 bits per heavy atom. The van der Waals surface area contributed by atoms with E-state index in [0.29, 0.717) is 11.3 Å². The van der Waals surface area contributed by atoms with Crippen molar-refractivity contribution in [3.63, 3.8) is 0 Å². The van der Waals surface area contributed by atoms with Gasteiger partial charge in [0.1, 0.15) is 11.5 Å². The van der Waals surface area contributed by atoms with Crippen LogP contribution in [0.15, 0.2) is 64.4 Å². The number of para-hydroxylation sites is 2. The van der Waals surface area contributed by atoms with Crippen molar-refractivity contribution in [2.45, 2.75) is 5.22 Å². The summed E-state index contributed by atoms with van der Waals surface area (Å²) in [5.74, 6) is -0.359. The minimum Gasteiger partial charge on any atom is -0.431 e. The number of benzene rings is 2. The first-order chi connectivity index (χ1) is 12.5. The number of nitrogens with zero attached hydrogens (tertiary/aromatic N) is 2. The van der Waals surface area contributed by atoms with E-state index in [9.17, 15) is 19.3 Å². The molecule has 26 heavy (non-hydrogen) atoms. The lowest BCUT2D eigenvalue weighted by molar-refractivity contribution is -0.383. The second-order valence-corrected chi connectivity index (χ2v) is 6.04. The molecule has 1 aromatic heterocycles. The fourth-order valence-corrected chi connectivity index (χ4v) is 2.73. The van der Waals surface area contributed by atoms with Crippen LogP contribution in [0.4, 0.5) is 15.8 Å². The summed E-state index contributed by atoms with van der Waals surface area (Å²) >= 11 is 1.05. The third kappa shape index (κ3) is 4.25. The number of carbonyl (C=O) groups is 1. The maximum absolute atomic E-state index is 12.9. The van der Waals surface area contributed by atoms with Gasteiger partial charge < -0.3 is 9.73 Å². The molecule has 0 saturated carbocycles. The molecule has 9 heteroatoms. The van der Waals surface area contributed by atoms with Crippen molar-refractivity contribution in [3.8, 4) is 11.3 Å². The van der Waals surface area contributed by atoms with Crippen LogP contribution in [0.25, 0.3) is 11.3 Å². The summed E-state index contributed by atoms with van der Waals surface area (Å²) < 4.78 is 18.5. The normalized spacial score (nSPS) is 10.5. The van der Waals surface area contributed by atoms with E-state index < -0.39 is 10.8 Å². The zero-order valence-corrected chi connectivity index (χ0v) is 14.0. The number of halogens is 1. The molecule has 0 saturated heterocycles. The fourth-order valence-electron chi connectivity index (χ4n) is 2.12. The van der Waals surface area contributed by atoms with Gasteiger partial charge in [-0.25, -0.2) is 9.37 Å². The van der Waals surface area contributed by atoms with Crippen LogP contribution in [0.3, 0.4) is 0 Å². The molecule has 3 aromatic rings. The van der Waals surface area contributed by atoms with Crippen LogP contribution in [0.2, 0.25) is 0 Å². The lowest BCUT2D eigenvalue weighted by Gasteiger charge is -2.04. The van der Waals surface area contributed by atoms with Crippen LogP contribution in [0.5, 0.6) is 0 Å². The van der Waals surface area contributed by atoms with Gasteiger partial charge in [-0.15, -0.1) is 0 Å². The number of nitro benzene ring substituents is 1. The molecule has 0 atom stereocenters. The molecule has 3 rings (SSSR count). The second kappa shape index (κ2) is 7.79. The smallest absolute Gasteiger partial charge is 0.292 e. The number of hydrogen-bond donors (Lipinski definition) is 1. The highest BCUT2D eigenvalue weighted by molar-refractivity contribution is 7.99. The number of hydrogen-bond acceptors (Lipinski definition) is 6. The number of anilines is 1. The summed E-state index contributed by atoms with van der Waals surface area (Å²) in [5.41, 5.74) is 0.609. The molecule has 0 aliphatic heterocycles. The van der Waals surface area contributed by atoms with Crippen molar-refractivity contribution in [2.75, 3.05) is 11.1 Å². The summed E-state index contributed by atoms with van der Waals surface area (Å²) in [7, 11) is 0. The number of thioether (sulfide) groups is 1. The third-order valence-corrected chi connectivity index (χ3v) is 4.16. The van der Waals surface area contributed by atoms with E-state index in [0.717, 1.165) is 11.8 Å². The van der Waals surface area contributed by atoms with E-state index >= 15 is 0 Å². The van der Waals surface area contributed by atoms with Gasteiger partial charge >= 0.3 is 0 Å². The van der Waals surface area contributed by atoms with E-state index in [-0.39, 0.29) is 28.2 Å². The SMILES string of the molecule is O=C(CSc1ncc(-c2ccc(F)cc2)o1)Nc1ccccc1[N+](=O)[O-]. The molecule has 1 heterocycles. The summed E-state index contributed by atoms with van der Waals surface area (Å²) in [5, 5.41) is 13.7. The van der Waals surface area contributed by atoms with Crippen LogP contribution >= 0.6 is 11.8 Å². The monoisotopic (exact) mass is 373 g/mol. The Morgan fingerprint density at radius 1 is 1.23 bits per heavy atom. The highest BCUT2D eigenvalue weighted by Crippen LogP contribution is 2.27. The van der Waals surface area contributed by atoms with Crippen molar-refractivity contribution in [1.29, 1.82) is 0 Å². The molecule has 1 amide bonds. The van der Waals surface area contributed by atoms with Gasteiger partial charge in [-0.05, 0) is 30.3 Å². The third-order valence-electron chi connectivity index (χ3n) is 3.31. The second-order valence-electron chi connectivity index (χ2n) is 5.11. The largest absolute Gasteiger partial charge is 0.431 e. The number of nitro groups is 1. The first-order valence-electron chi connectivity index (χ1n) is 7.41. The minimum atomic E-state index is -0.564. The quantitative estimate of drug-likeness (QED) is 0.396. The lowest BCUT2D eigenvalue weighted by Crippen LogP contribution is -2.15. The van der Waals surface area contributed by atoms with E-state index in [4.69, 9.17) is 4.42 Å². The molecule has 7 nitrogen and oxygen atoms in total. The van der Waals surface area contributed by atoms with Crippen molar-refractivity contribution in [1.82, 2.24) is 4.98 Å². The summed E-state index contributed by atoms with van der Waals surface area (Å²) in [6.45, 7) is 0. The Balaban J connectivity index is 1.60. The number of nitrogens with one attached hydrogen (secondary N) is 1. The lowest BCUT2D eigenvalue weighted by atomic mass is 10.2. The zero-order chi connectivity index (χ0) is 18.5. The Labute approximate surface area is 151 Å². The van der Waals surface area contributed by atoms with E-state index in [1.165, 1.54) is 36.5 Å². The van der Waals surface area contributed by atoms with Crippen LogP contribution in [0, 0.1) is 15.9 Å². The van der Waals surface area contributed by atoms with E-state index in [1.807, 2.05) is 0 Å². The highest BCUT2D eigenvalue weighted by atomic mass is 32.2. The Hall–Kier alpha value is -3.20. The summed E-state index contributed by atoms with van der Waals surface area (Å²) in [6.07, 6.45) is 1.48. The molecule has 0 fully saturated rings. The van der Waals surface area contributed by atoms with Crippen molar-refractivity contribution in [3.05, 3.63) is 70.7 Å². The number of carbonyl (C=O) groups excluding carboxylic acids is 1. The molecule has 1 N–H and O–H groups in total. The van der Waals surface area contributed by atoms with E-state index in [2.05, 4.69) is 10.3 Å². The first-order valence-corrected chi connectivity index (χ1v) is 8.39. The summed E-state index contributed by atoms with van der Waals surface area (Å²) in [6, 6.07) is 11.6. The standard InChI is InChI=1S/C17H12FN3O4S/c18-12-7-5-11(6-8-12)15-9-19-17(25-15)26-10-16(22)20-13-3-1-2-4-14(13)21(23)24/h1-9H,10H2,(H,20,22). The molecule has 0 aliphatic rings. The van der Waals surface area contributed by atoms with Crippen molar-refractivity contribution in [2.24, 2.45) is 0 Å². The number of amides is 1. The van der Waals surface area contributed by atoms with Crippen LogP contribution in [-0.4, -0.2) is 21.6 Å². The maximum atomic E-state index is 12.9. The van der Waals surface area contributed by atoms with Gasteiger partial charge in [-0.1, -0.05) is 23.9 Å². The van der Waals surface area contributed by atoms with Gasteiger partial charge in [0.2, 0.25) is 5.91 Å². The Morgan fingerprint density at radius 2 is 1.96 bits per heavy atom. The van der Waals surface area contributed by atoms with Gasteiger partial charge in [0.05, 0.1) is 16.9 Å². The minimum absolute atomic E-state index is 0.0323. The number of rotatable bonds is 6. The van der Waals surface area contributed by atoms with Crippen molar-refractivity contribution >= 4 is 29.0 Å². The Kier molecular flexibility index (Phi) is 5.28. The molecular weight excluding hydrogens is 361 g/mol. The molecule has 0 unspecified atom stereocenters. The van der Waals surface area contributed by atoms with Crippen LogP contribution in [0.1, 0.15) is 0 Å². The van der Waals surface area contributed by atoms with Crippen LogP contribution in [-0.2, 0) is 4.79 Å².